The van der Waals surface area contributed by atoms with Crippen molar-refractivity contribution in [2.45, 2.75) is 95.5 Å². The van der Waals surface area contributed by atoms with Crippen LogP contribution in [0.1, 0.15) is 71.1 Å². The van der Waals surface area contributed by atoms with Gasteiger partial charge in [0.2, 0.25) is 0 Å². The van der Waals surface area contributed by atoms with Crippen molar-refractivity contribution in [3.63, 3.8) is 0 Å². The van der Waals surface area contributed by atoms with Gasteiger partial charge in [0.05, 0.1) is 18.8 Å². The van der Waals surface area contributed by atoms with E-state index in [4.69, 9.17) is 0 Å². The second kappa shape index (κ2) is 12.2. The van der Waals surface area contributed by atoms with E-state index in [2.05, 4.69) is 6.92 Å². The van der Waals surface area contributed by atoms with E-state index in [9.17, 15) is 20.4 Å². The summed E-state index contributed by atoms with van der Waals surface area (Å²) in [4.78, 5) is 1.91. The third kappa shape index (κ3) is 7.48. The van der Waals surface area contributed by atoms with E-state index in [1.165, 1.54) is 51.4 Å². The molecule has 1 fully saturated rings. The second-order valence-corrected chi connectivity index (χ2v) is 6.98. The third-order valence-electron chi connectivity index (χ3n) is 5.01. The normalized spacial score (nSPS) is 29.1. The molecule has 1 saturated heterocycles. The van der Waals surface area contributed by atoms with Crippen LogP contribution in [0.3, 0.4) is 0 Å². The number of unbranched alkanes of at least 4 members (excludes halogenated alkanes) is 9. The van der Waals surface area contributed by atoms with Crippen LogP contribution in [-0.4, -0.2) is 69.4 Å². The highest BCUT2D eigenvalue weighted by atomic mass is 16.4. The largest absolute Gasteiger partial charge is 0.395 e. The molecule has 1 rings (SSSR count). The Kier molecular flexibility index (Phi) is 11.1. The van der Waals surface area contributed by atoms with Crippen molar-refractivity contribution >= 4 is 0 Å². The summed E-state index contributed by atoms with van der Waals surface area (Å²) in [5.41, 5.74) is 0. The number of piperidine rings is 1. The smallest absolute Gasteiger partial charge is 0.109 e. The summed E-state index contributed by atoms with van der Waals surface area (Å²) in [5, 5.41) is 38.8. The standard InChI is InChI=1S/C18H37NO4/c1-2-3-4-5-6-7-8-9-10-11-12-19-13-16(21)18(23)17(22)15(19)14-20/h15-18,20-23H,2-14H2,1H3/t15?,16?,17-,18?/m0/s1. The topological polar surface area (TPSA) is 84.2 Å². The molecular formula is C18H37NO4. The molecule has 5 nitrogen and oxygen atoms in total. The highest BCUT2D eigenvalue weighted by molar-refractivity contribution is 4.93. The predicted octanol–water partition coefficient (Wildman–Crippen LogP) is 1.67. The molecule has 1 aliphatic heterocycles. The highest BCUT2D eigenvalue weighted by Gasteiger charge is 2.40. The van der Waals surface area contributed by atoms with Crippen LogP contribution in [0.5, 0.6) is 0 Å². The molecule has 138 valence electrons. The van der Waals surface area contributed by atoms with Gasteiger partial charge in [0.1, 0.15) is 12.2 Å². The number of likely N-dealkylation sites (tertiary alicyclic amines) is 1. The lowest BCUT2D eigenvalue weighted by atomic mass is 9.94. The van der Waals surface area contributed by atoms with Crippen molar-refractivity contribution in [3.05, 3.63) is 0 Å². The predicted molar refractivity (Wildman–Crippen MR) is 92.3 cm³/mol. The van der Waals surface area contributed by atoms with Gasteiger partial charge in [0.25, 0.3) is 0 Å². The minimum atomic E-state index is -1.16. The lowest BCUT2D eigenvalue weighted by Crippen LogP contribution is -2.62. The summed E-state index contributed by atoms with van der Waals surface area (Å²) in [7, 11) is 0. The van der Waals surface area contributed by atoms with E-state index in [-0.39, 0.29) is 6.61 Å². The number of hydrogen-bond acceptors (Lipinski definition) is 5. The van der Waals surface area contributed by atoms with Crippen molar-refractivity contribution in [3.8, 4) is 0 Å². The zero-order valence-electron chi connectivity index (χ0n) is 14.7. The molecule has 1 heterocycles. The molecule has 4 atom stereocenters. The summed E-state index contributed by atoms with van der Waals surface area (Å²) in [6, 6.07) is -0.466. The van der Waals surface area contributed by atoms with Crippen LogP contribution < -0.4 is 0 Å². The number of aliphatic hydroxyl groups excluding tert-OH is 4. The van der Waals surface area contributed by atoms with Gasteiger partial charge in [-0.25, -0.2) is 0 Å². The Balaban J connectivity index is 2.08. The van der Waals surface area contributed by atoms with Crippen LogP contribution in [0.15, 0.2) is 0 Å². The van der Waals surface area contributed by atoms with E-state index in [1.54, 1.807) is 0 Å². The van der Waals surface area contributed by atoms with E-state index >= 15 is 0 Å². The molecule has 1 aliphatic rings. The number of hydrogen-bond donors (Lipinski definition) is 4. The Hall–Kier alpha value is -0.200. The molecule has 23 heavy (non-hydrogen) atoms. The van der Waals surface area contributed by atoms with Crippen molar-refractivity contribution in [1.29, 1.82) is 0 Å². The van der Waals surface area contributed by atoms with E-state index in [0.29, 0.717) is 6.54 Å². The van der Waals surface area contributed by atoms with Crippen molar-refractivity contribution < 1.29 is 20.4 Å². The molecule has 0 spiro atoms. The average Bonchev–Trinajstić information content (AvgIpc) is 2.54. The Morgan fingerprint density at radius 3 is 1.83 bits per heavy atom. The number of rotatable bonds is 12. The quantitative estimate of drug-likeness (QED) is 0.409. The number of aliphatic hydroxyl groups is 4. The van der Waals surface area contributed by atoms with E-state index in [0.717, 1.165) is 19.4 Å². The fourth-order valence-corrected chi connectivity index (χ4v) is 3.44. The lowest BCUT2D eigenvalue weighted by molar-refractivity contribution is -0.145. The van der Waals surface area contributed by atoms with Crippen LogP contribution in [-0.2, 0) is 0 Å². The molecule has 0 aromatic rings. The van der Waals surface area contributed by atoms with Gasteiger partial charge in [-0.3, -0.25) is 4.90 Å². The molecule has 0 amide bonds. The van der Waals surface area contributed by atoms with E-state index in [1.807, 2.05) is 4.90 Å². The Morgan fingerprint density at radius 1 is 0.783 bits per heavy atom. The first-order valence-electron chi connectivity index (χ1n) is 9.51. The summed E-state index contributed by atoms with van der Waals surface area (Å²) < 4.78 is 0. The van der Waals surface area contributed by atoms with Gasteiger partial charge in [-0.1, -0.05) is 64.7 Å². The van der Waals surface area contributed by atoms with Crippen LogP contribution in [0.25, 0.3) is 0 Å². The van der Waals surface area contributed by atoms with Crippen LogP contribution >= 0.6 is 0 Å². The maximum Gasteiger partial charge on any atom is 0.109 e. The van der Waals surface area contributed by atoms with Crippen LogP contribution in [0.4, 0.5) is 0 Å². The van der Waals surface area contributed by atoms with E-state index < -0.39 is 24.4 Å². The first kappa shape index (κ1) is 20.8. The minimum Gasteiger partial charge on any atom is -0.395 e. The van der Waals surface area contributed by atoms with Crippen LogP contribution in [0, 0.1) is 0 Å². The maximum absolute atomic E-state index is 9.93. The first-order valence-corrected chi connectivity index (χ1v) is 9.51. The van der Waals surface area contributed by atoms with Gasteiger partial charge in [-0.2, -0.15) is 0 Å². The second-order valence-electron chi connectivity index (χ2n) is 6.98. The zero-order chi connectivity index (χ0) is 17.1. The summed E-state index contributed by atoms with van der Waals surface area (Å²) >= 11 is 0. The average molecular weight is 331 g/mol. The van der Waals surface area contributed by atoms with Crippen molar-refractivity contribution in [2.24, 2.45) is 0 Å². The van der Waals surface area contributed by atoms with Gasteiger partial charge in [0.15, 0.2) is 0 Å². The van der Waals surface area contributed by atoms with Crippen molar-refractivity contribution in [2.75, 3.05) is 19.7 Å². The molecule has 0 aromatic carbocycles. The van der Waals surface area contributed by atoms with Gasteiger partial charge in [-0.15, -0.1) is 0 Å². The van der Waals surface area contributed by atoms with Gasteiger partial charge < -0.3 is 20.4 Å². The molecule has 0 radical (unpaired) electrons. The molecule has 3 unspecified atom stereocenters. The molecule has 0 saturated carbocycles. The highest BCUT2D eigenvalue weighted by Crippen LogP contribution is 2.20. The molecule has 0 bridgehead atoms. The molecule has 4 N–H and O–H groups in total. The Morgan fingerprint density at radius 2 is 1.30 bits per heavy atom. The molecule has 5 heteroatoms. The fourth-order valence-electron chi connectivity index (χ4n) is 3.44. The lowest BCUT2D eigenvalue weighted by Gasteiger charge is -2.43. The molecule has 0 aromatic heterocycles. The van der Waals surface area contributed by atoms with Gasteiger partial charge >= 0.3 is 0 Å². The zero-order valence-corrected chi connectivity index (χ0v) is 14.7. The van der Waals surface area contributed by atoms with Gasteiger partial charge in [0, 0.05) is 6.54 Å². The maximum atomic E-state index is 9.93. The van der Waals surface area contributed by atoms with Crippen LogP contribution in [0.2, 0.25) is 0 Å². The molecule has 0 aliphatic carbocycles. The fraction of sp³-hybridized carbons (Fsp3) is 1.00. The van der Waals surface area contributed by atoms with Gasteiger partial charge in [-0.05, 0) is 13.0 Å². The summed E-state index contributed by atoms with van der Waals surface area (Å²) in [5.74, 6) is 0. The molecular weight excluding hydrogens is 294 g/mol. The number of β-amino-alcohol motifs (C(OH)–C–C–N with tert-alkyl or cyclic N) is 1. The summed E-state index contributed by atoms with van der Waals surface area (Å²) in [6.07, 6.45) is 9.51. The number of nitrogens with zero attached hydrogens (tertiary/aromatic N) is 1. The SMILES string of the molecule is CCCCCCCCCCCCN1CC(O)C(O)[C@@H](O)C1CO. The Bertz CT molecular complexity index is 290. The minimum absolute atomic E-state index is 0.192. The first-order chi connectivity index (χ1) is 11.1. The Labute approximate surface area is 141 Å². The third-order valence-corrected chi connectivity index (χ3v) is 5.01. The monoisotopic (exact) mass is 331 g/mol. The summed E-state index contributed by atoms with van der Waals surface area (Å²) in [6.45, 7) is 3.12. The van der Waals surface area contributed by atoms with Crippen molar-refractivity contribution in [1.82, 2.24) is 4.90 Å².